The van der Waals surface area contributed by atoms with Crippen molar-refractivity contribution in [3.05, 3.63) is 0 Å². The van der Waals surface area contributed by atoms with E-state index in [2.05, 4.69) is 15.9 Å². The van der Waals surface area contributed by atoms with E-state index in [0.29, 0.717) is 5.92 Å². The molecule has 0 amide bonds. The summed E-state index contributed by atoms with van der Waals surface area (Å²) in [5, 5.41) is 0. The molecule has 0 N–H and O–H groups in total. The zero-order valence-electron chi connectivity index (χ0n) is 7.76. The molecule has 0 aliphatic heterocycles. The first-order chi connectivity index (χ1) is 5.40. The quantitative estimate of drug-likeness (QED) is 0.543. The third-order valence-electron chi connectivity index (χ3n) is 1.67. The summed E-state index contributed by atoms with van der Waals surface area (Å²) in [6.45, 7) is 5.66. The SMILES string of the molecule is CC(C)(C)OC(=O)C(Br)C1CC1. The second-order valence-corrected chi connectivity index (χ2v) is 5.26. The van der Waals surface area contributed by atoms with Gasteiger partial charge in [0, 0.05) is 0 Å². The summed E-state index contributed by atoms with van der Waals surface area (Å²) in [6, 6.07) is 0. The van der Waals surface area contributed by atoms with Gasteiger partial charge in [-0.2, -0.15) is 0 Å². The van der Waals surface area contributed by atoms with Gasteiger partial charge in [0.2, 0.25) is 0 Å². The largest absolute Gasteiger partial charge is 0.459 e. The van der Waals surface area contributed by atoms with Gasteiger partial charge in [-0.1, -0.05) is 15.9 Å². The van der Waals surface area contributed by atoms with Crippen molar-refractivity contribution in [1.29, 1.82) is 0 Å². The highest BCUT2D eigenvalue weighted by Crippen LogP contribution is 2.37. The zero-order chi connectivity index (χ0) is 9.35. The van der Waals surface area contributed by atoms with E-state index in [0.717, 1.165) is 12.8 Å². The van der Waals surface area contributed by atoms with Crippen molar-refractivity contribution in [2.45, 2.75) is 44.0 Å². The molecule has 1 aliphatic rings. The lowest BCUT2D eigenvalue weighted by Gasteiger charge is -2.21. The highest BCUT2D eigenvalue weighted by molar-refractivity contribution is 9.10. The molecule has 3 heteroatoms. The van der Waals surface area contributed by atoms with Crippen molar-refractivity contribution in [2.75, 3.05) is 0 Å². The second-order valence-electron chi connectivity index (χ2n) is 4.27. The minimum absolute atomic E-state index is 0.0864. The average molecular weight is 235 g/mol. The first-order valence-corrected chi connectivity index (χ1v) is 5.18. The smallest absolute Gasteiger partial charge is 0.320 e. The molecule has 70 valence electrons. The van der Waals surface area contributed by atoms with Crippen molar-refractivity contribution < 1.29 is 9.53 Å². The Morgan fingerprint density at radius 2 is 2.00 bits per heavy atom. The first-order valence-electron chi connectivity index (χ1n) is 4.27. The number of ether oxygens (including phenoxy) is 1. The van der Waals surface area contributed by atoms with Crippen LogP contribution < -0.4 is 0 Å². The Kier molecular flexibility index (Phi) is 2.81. The highest BCUT2D eigenvalue weighted by atomic mass is 79.9. The van der Waals surface area contributed by atoms with Gasteiger partial charge in [0.1, 0.15) is 10.4 Å². The number of esters is 1. The Hall–Kier alpha value is -0.0500. The molecule has 0 bridgehead atoms. The predicted molar refractivity (Wildman–Crippen MR) is 51.3 cm³/mol. The van der Waals surface area contributed by atoms with Gasteiger partial charge in [-0.25, -0.2) is 0 Å². The molecule has 2 nitrogen and oxygen atoms in total. The van der Waals surface area contributed by atoms with Crippen LogP contribution in [0.25, 0.3) is 0 Å². The standard InChI is InChI=1S/C9H15BrO2/c1-9(2,3)12-8(11)7(10)6-4-5-6/h6-7H,4-5H2,1-3H3. The minimum Gasteiger partial charge on any atom is -0.459 e. The van der Waals surface area contributed by atoms with E-state index in [4.69, 9.17) is 4.74 Å². The fourth-order valence-electron chi connectivity index (χ4n) is 0.939. The minimum atomic E-state index is -0.363. The maximum Gasteiger partial charge on any atom is 0.320 e. The van der Waals surface area contributed by atoms with E-state index in [1.54, 1.807) is 0 Å². The highest BCUT2D eigenvalue weighted by Gasteiger charge is 2.36. The van der Waals surface area contributed by atoms with Crippen molar-refractivity contribution >= 4 is 21.9 Å². The van der Waals surface area contributed by atoms with Crippen LogP contribution in [-0.2, 0) is 9.53 Å². The molecule has 0 aromatic heterocycles. The van der Waals surface area contributed by atoms with Crippen LogP contribution in [0, 0.1) is 5.92 Å². The van der Waals surface area contributed by atoms with Crippen LogP contribution in [0.2, 0.25) is 0 Å². The molecule has 1 unspecified atom stereocenters. The monoisotopic (exact) mass is 234 g/mol. The van der Waals surface area contributed by atoms with Gasteiger partial charge in [0.05, 0.1) is 0 Å². The van der Waals surface area contributed by atoms with E-state index < -0.39 is 0 Å². The van der Waals surface area contributed by atoms with Crippen molar-refractivity contribution in [3.63, 3.8) is 0 Å². The summed E-state index contributed by atoms with van der Waals surface area (Å²) >= 11 is 3.35. The Bertz CT molecular complexity index is 179. The number of hydrogen-bond acceptors (Lipinski definition) is 2. The third-order valence-corrected chi connectivity index (χ3v) is 2.79. The molecule has 0 radical (unpaired) electrons. The van der Waals surface area contributed by atoms with Gasteiger partial charge < -0.3 is 4.74 Å². The summed E-state index contributed by atoms with van der Waals surface area (Å²) in [5.74, 6) is 0.393. The van der Waals surface area contributed by atoms with E-state index in [1.807, 2.05) is 20.8 Å². The molecule has 0 spiro atoms. The Labute approximate surface area is 81.8 Å². The number of rotatable bonds is 2. The second kappa shape index (κ2) is 3.36. The summed E-state index contributed by atoms with van der Waals surface area (Å²) in [4.78, 5) is 11.3. The van der Waals surface area contributed by atoms with Gasteiger partial charge in [0.15, 0.2) is 0 Å². The molecule has 0 saturated heterocycles. The molecule has 1 aliphatic carbocycles. The van der Waals surface area contributed by atoms with Gasteiger partial charge in [-0.3, -0.25) is 4.79 Å². The van der Waals surface area contributed by atoms with Crippen LogP contribution in [0.15, 0.2) is 0 Å². The lowest BCUT2D eigenvalue weighted by molar-refractivity contribution is -0.154. The summed E-state index contributed by atoms with van der Waals surface area (Å²) in [5.41, 5.74) is -0.363. The molecule has 1 saturated carbocycles. The van der Waals surface area contributed by atoms with Crippen LogP contribution >= 0.6 is 15.9 Å². The first kappa shape index (κ1) is 10.0. The fraction of sp³-hybridized carbons (Fsp3) is 0.889. The number of halogens is 1. The van der Waals surface area contributed by atoms with Crippen molar-refractivity contribution in [3.8, 4) is 0 Å². The summed E-state index contributed by atoms with van der Waals surface area (Å²) in [7, 11) is 0. The van der Waals surface area contributed by atoms with E-state index >= 15 is 0 Å². The number of carbonyl (C=O) groups excluding carboxylic acids is 1. The molecular weight excluding hydrogens is 220 g/mol. The van der Waals surface area contributed by atoms with Crippen LogP contribution in [0.1, 0.15) is 33.6 Å². The van der Waals surface area contributed by atoms with Crippen LogP contribution in [-0.4, -0.2) is 16.4 Å². The lowest BCUT2D eigenvalue weighted by atomic mass is 10.2. The number of alkyl halides is 1. The van der Waals surface area contributed by atoms with Gasteiger partial charge in [-0.05, 0) is 39.5 Å². The molecule has 0 aromatic rings. The predicted octanol–water partition coefficient (Wildman–Crippen LogP) is 2.50. The van der Waals surface area contributed by atoms with E-state index in [-0.39, 0.29) is 16.4 Å². The van der Waals surface area contributed by atoms with Gasteiger partial charge in [-0.15, -0.1) is 0 Å². The zero-order valence-corrected chi connectivity index (χ0v) is 9.35. The van der Waals surface area contributed by atoms with E-state index in [9.17, 15) is 4.79 Å². The fourth-order valence-corrected chi connectivity index (χ4v) is 1.56. The summed E-state index contributed by atoms with van der Waals surface area (Å²) in [6.07, 6.45) is 2.30. The molecular formula is C9H15BrO2. The van der Waals surface area contributed by atoms with Crippen LogP contribution in [0.5, 0.6) is 0 Å². The molecule has 1 atom stereocenters. The molecule has 0 heterocycles. The van der Waals surface area contributed by atoms with Crippen molar-refractivity contribution in [1.82, 2.24) is 0 Å². The number of hydrogen-bond donors (Lipinski definition) is 0. The van der Waals surface area contributed by atoms with E-state index in [1.165, 1.54) is 0 Å². The van der Waals surface area contributed by atoms with Gasteiger partial charge >= 0.3 is 5.97 Å². The molecule has 12 heavy (non-hydrogen) atoms. The average Bonchev–Trinajstić information content (AvgIpc) is 2.62. The van der Waals surface area contributed by atoms with Crippen LogP contribution in [0.3, 0.4) is 0 Å². The molecule has 1 rings (SSSR count). The Morgan fingerprint density at radius 1 is 1.50 bits per heavy atom. The lowest BCUT2D eigenvalue weighted by Crippen LogP contribution is -2.29. The third kappa shape index (κ3) is 3.13. The topological polar surface area (TPSA) is 26.3 Å². The Morgan fingerprint density at radius 3 is 2.33 bits per heavy atom. The maximum absolute atomic E-state index is 11.4. The normalized spacial score (nSPS) is 20.3. The number of carbonyl (C=O) groups is 1. The molecule has 1 fully saturated rings. The van der Waals surface area contributed by atoms with Crippen molar-refractivity contribution in [2.24, 2.45) is 5.92 Å². The maximum atomic E-state index is 11.4. The molecule has 0 aromatic carbocycles. The van der Waals surface area contributed by atoms with Gasteiger partial charge in [0.25, 0.3) is 0 Å². The van der Waals surface area contributed by atoms with Crippen LogP contribution in [0.4, 0.5) is 0 Å². The summed E-state index contributed by atoms with van der Waals surface area (Å²) < 4.78 is 5.21. The Balaban J connectivity index is 2.36.